The molecule has 0 saturated carbocycles. The van der Waals surface area contributed by atoms with E-state index in [1.807, 2.05) is 0 Å². The van der Waals surface area contributed by atoms with Crippen LogP contribution in [-0.4, -0.2) is 51.2 Å². The summed E-state index contributed by atoms with van der Waals surface area (Å²) in [7, 11) is 0. The van der Waals surface area contributed by atoms with Crippen LogP contribution in [0.1, 0.15) is 10.4 Å². The number of cyclic esters (lactones) is 1. The predicted octanol–water partition coefficient (Wildman–Crippen LogP) is 3.04. The van der Waals surface area contributed by atoms with Crippen molar-refractivity contribution in [2.24, 2.45) is 0 Å². The van der Waals surface area contributed by atoms with E-state index in [2.05, 4.69) is 4.74 Å². The first-order valence-electron chi connectivity index (χ1n) is 10.7. The number of hydrogen-bond donors (Lipinski definition) is 4. The molecule has 1 aliphatic carbocycles. The van der Waals surface area contributed by atoms with Crippen molar-refractivity contribution in [2.45, 2.75) is 12.2 Å². The Bertz CT molecular complexity index is 1580. The molecular weight excluding hydrogens is 472 g/mol. The highest BCUT2D eigenvalue weighted by atomic mass is 16.6. The molecule has 2 heterocycles. The van der Waals surface area contributed by atoms with Crippen LogP contribution in [0, 0.1) is 0 Å². The lowest BCUT2D eigenvalue weighted by Gasteiger charge is -2.19. The maximum atomic E-state index is 13.1. The van der Waals surface area contributed by atoms with E-state index in [-0.39, 0.29) is 28.1 Å². The van der Waals surface area contributed by atoms with Crippen molar-refractivity contribution < 1.29 is 43.9 Å². The van der Waals surface area contributed by atoms with Gasteiger partial charge >= 0.3 is 11.9 Å². The summed E-state index contributed by atoms with van der Waals surface area (Å²) in [6.45, 7) is -0.651. The molecule has 0 aromatic heterocycles. The quantitative estimate of drug-likeness (QED) is 0.241. The summed E-state index contributed by atoms with van der Waals surface area (Å²) in [6.07, 6.45) is -3.21. The van der Waals surface area contributed by atoms with Crippen LogP contribution in [0.15, 0.2) is 81.4 Å². The van der Waals surface area contributed by atoms with E-state index in [1.165, 1.54) is 30.3 Å². The van der Waals surface area contributed by atoms with Gasteiger partial charge in [0.15, 0.2) is 17.3 Å². The minimum absolute atomic E-state index is 0.0486. The van der Waals surface area contributed by atoms with Gasteiger partial charge in [-0.3, -0.25) is 4.79 Å². The predicted molar refractivity (Wildman–Crippen MR) is 125 cm³/mol. The number of fused-ring (bicyclic) bond motifs is 2. The number of aliphatic hydroxyl groups excluding tert-OH is 3. The third-order valence-corrected chi connectivity index (χ3v) is 5.77. The molecule has 4 N–H and O–H groups in total. The van der Waals surface area contributed by atoms with Gasteiger partial charge in [0.2, 0.25) is 5.76 Å². The SMILES string of the molecule is O=C1OC(C(O)COC(=O)c2ccccc2-c2c3ccc(=O)cc-3oc3cc(O)ccc23)C(O)=C1O. The van der Waals surface area contributed by atoms with Gasteiger partial charge in [-0.05, 0) is 35.9 Å². The smallest absolute Gasteiger partial charge is 0.377 e. The molecular formula is C26H18O10. The van der Waals surface area contributed by atoms with Crippen LogP contribution in [0.4, 0.5) is 0 Å². The van der Waals surface area contributed by atoms with E-state index in [0.717, 1.165) is 0 Å². The molecule has 0 spiro atoms. The van der Waals surface area contributed by atoms with Gasteiger partial charge in [-0.1, -0.05) is 18.2 Å². The Kier molecular flexibility index (Phi) is 5.57. The Morgan fingerprint density at radius 3 is 2.50 bits per heavy atom. The molecule has 5 rings (SSSR count). The van der Waals surface area contributed by atoms with Crippen molar-refractivity contribution in [3.05, 3.63) is 88.0 Å². The lowest BCUT2D eigenvalue weighted by molar-refractivity contribution is -0.147. The number of esters is 2. The second-order valence-corrected chi connectivity index (χ2v) is 8.09. The molecule has 0 amide bonds. The zero-order valence-corrected chi connectivity index (χ0v) is 18.4. The van der Waals surface area contributed by atoms with Crippen LogP contribution in [0.5, 0.6) is 5.75 Å². The van der Waals surface area contributed by atoms with Gasteiger partial charge in [0.05, 0.1) is 5.56 Å². The van der Waals surface area contributed by atoms with Crippen LogP contribution in [0.25, 0.3) is 33.4 Å². The summed E-state index contributed by atoms with van der Waals surface area (Å²) in [4.78, 5) is 36.4. The Morgan fingerprint density at radius 1 is 0.972 bits per heavy atom. The van der Waals surface area contributed by atoms with Crippen molar-refractivity contribution >= 4 is 22.9 Å². The van der Waals surface area contributed by atoms with Crippen LogP contribution in [0.3, 0.4) is 0 Å². The standard InChI is InChI=1S/C26H18O10/c27-12-5-7-16-19(9-12)35-20-10-13(28)6-8-17(20)21(16)14-3-1-2-4-15(14)25(32)34-11-18(29)24-22(30)23(31)26(33)36-24/h1-10,18,24,27,29-31H,11H2. The molecule has 0 fully saturated rings. The molecule has 2 aromatic rings. The molecule has 2 aliphatic heterocycles. The summed E-state index contributed by atoms with van der Waals surface area (Å²) in [5, 5.41) is 39.9. The largest absolute Gasteiger partial charge is 0.508 e. The van der Waals surface area contributed by atoms with Crippen molar-refractivity contribution in [2.75, 3.05) is 6.61 Å². The summed E-state index contributed by atoms with van der Waals surface area (Å²) in [5.41, 5.74) is 1.64. The Morgan fingerprint density at radius 2 is 1.75 bits per heavy atom. The Balaban J connectivity index is 1.54. The fourth-order valence-corrected chi connectivity index (χ4v) is 4.08. The number of phenolic OH excluding ortho intramolecular Hbond substituents is 1. The van der Waals surface area contributed by atoms with Crippen LogP contribution in [0.2, 0.25) is 0 Å². The van der Waals surface area contributed by atoms with Gasteiger partial charge in [0.1, 0.15) is 29.8 Å². The van der Waals surface area contributed by atoms with Crippen molar-refractivity contribution in [1.82, 2.24) is 0 Å². The van der Waals surface area contributed by atoms with E-state index in [9.17, 15) is 34.8 Å². The first-order chi connectivity index (χ1) is 17.2. The zero-order valence-electron chi connectivity index (χ0n) is 18.4. The molecule has 0 radical (unpaired) electrons. The minimum atomic E-state index is -1.63. The first kappa shape index (κ1) is 22.9. The number of rotatable bonds is 5. The van der Waals surface area contributed by atoms with Crippen LogP contribution < -0.4 is 5.43 Å². The third kappa shape index (κ3) is 3.89. The van der Waals surface area contributed by atoms with Gasteiger partial charge in [-0.2, -0.15) is 0 Å². The van der Waals surface area contributed by atoms with Gasteiger partial charge in [0.25, 0.3) is 0 Å². The zero-order chi connectivity index (χ0) is 25.6. The molecule has 10 heteroatoms. The van der Waals surface area contributed by atoms with E-state index in [4.69, 9.17) is 9.15 Å². The number of carbonyl (C=O) groups excluding carboxylic acids is 2. The maximum Gasteiger partial charge on any atom is 0.377 e. The lowest BCUT2D eigenvalue weighted by atomic mass is 9.91. The molecule has 36 heavy (non-hydrogen) atoms. The van der Waals surface area contributed by atoms with E-state index < -0.39 is 42.3 Å². The average Bonchev–Trinajstić information content (AvgIpc) is 3.12. The molecule has 3 aliphatic rings. The number of benzene rings is 3. The van der Waals surface area contributed by atoms with E-state index in [1.54, 1.807) is 30.3 Å². The normalized spacial score (nSPS) is 16.4. The molecule has 2 atom stereocenters. The van der Waals surface area contributed by atoms with Gasteiger partial charge in [-0.15, -0.1) is 0 Å². The van der Waals surface area contributed by atoms with Crippen molar-refractivity contribution in [1.29, 1.82) is 0 Å². The van der Waals surface area contributed by atoms with Crippen LogP contribution in [-0.2, 0) is 14.3 Å². The number of phenols is 1. The second-order valence-electron chi connectivity index (χ2n) is 8.09. The van der Waals surface area contributed by atoms with E-state index >= 15 is 0 Å². The second kappa shape index (κ2) is 8.75. The topological polar surface area (TPSA) is 164 Å². The highest BCUT2D eigenvalue weighted by Gasteiger charge is 2.39. The average molecular weight is 490 g/mol. The summed E-state index contributed by atoms with van der Waals surface area (Å²) in [6, 6.07) is 15.2. The monoisotopic (exact) mass is 490 g/mol. The lowest BCUT2D eigenvalue weighted by Crippen LogP contribution is -2.33. The molecule has 10 nitrogen and oxygen atoms in total. The molecule has 2 aromatic carbocycles. The minimum Gasteiger partial charge on any atom is -0.508 e. The molecule has 0 saturated heterocycles. The maximum absolute atomic E-state index is 13.1. The van der Waals surface area contributed by atoms with Crippen molar-refractivity contribution in [3.8, 4) is 28.2 Å². The number of carbonyl (C=O) groups is 2. The number of aliphatic hydroxyl groups is 3. The number of hydrogen-bond acceptors (Lipinski definition) is 10. The number of aromatic hydroxyl groups is 1. The Hall–Kier alpha value is -4.83. The summed E-state index contributed by atoms with van der Waals surface area (Å²) in [5.74, 6) is -3.70. The van der Waals surface area contributed by atoms with Gasteiger partial charge in [-0.25, -0.2) is 9.59 Å². The van der Waals surface area contributed by atoms with Gasteiger partial charge in [0, 0.05) is 28.6 Å². The fourth-order valence-electron chi connectivity index (χ4n) is 4.08. The first-order valence-corrected chi connectivity index (χ1v) is 10.7. The van der Waals surface area contributed by atoms with Gasteiger partial charge < -0.3 is 34.3 Å². The van der Waals surface area contributed by atoms with Crippen LogP contribution >= 0.6 is 0 Å². The Labute approximate surface area is 202 Å². The molecule has 2 unspecified atom stereocenters. The summed E-state index contributed by atoms with van der Waals surface area (Å²) < 4.78 is 15.8. The summed E-state index contributed by atoms with van der Waals surface area (Å²) >= 11 is 0. The fraction of sp³-hybridized carbons (Fsp3) is 0.115. The molecule has 0 bridgehead atoms. The number of ether oxygens (including phenoxy) is 2. The third-order valence-electron chi connectivity index (χ3n) is 5.77. The van der Waals surface area contributed by atoms with E-state index in [0.29, 0.717) is 22.1 Å². The van der Waals surface area contributed by atoms with Crippen molar-refractivity contribution in [3.63, 3.8) is 0 Å². The molecule has 182 valence electrons. The highest BCUT2D eigenvalue weighted by Crippen LogP contribution is 2.42. The highest BCUT2D eigenvalue weighted by molar-refractivity contribution is 6.07.